The van der Waals surface area contributed by atoms with Crippen LogP contribution >= 0.6 is 11.6 Å². The van der Waals surface area contributed by atoms with Crippen molar-refractivity contribution < 1.29 is 24.2 Å². The van der Waals surface area contributed by atoms with Crippen LogP contribution in [-0.4, -0.2) is 51.2 Å². The number of hydrogen-bond acceptors (Lipinski definition) is 5. The van der Waals surface area contributed by atoms with Gasteiger partial charge in [0.05, 0.1) is 16.7 Å². The fourth-order valence-corrected chi connectivity index (χ4v) is 4.40. The first kappa shape index (κ1) is 20.4. The summed E-state index contributed by atoms with van der Waals surface area (Å²) in [5.41, 5.74) is -2.16. The topological polar surface area (TPSA) is 112 Å². The van der Waals surface area contributed by atoms with Crippen LogP contribution in [-0.2, 0) is 12.1 Å². The fourth-order valence-electron chi connectivity index (χ4n) is 4.21. The molecule has 2 aliphatic rings. The number of amides is 2. The van der Waals surface area contributed by atoms with Gasteiger partial charge in [0, 0.05) is 31.9 Å². The molecule has 10 heteroatoms. The number of likely N-dealkylation sites (N-methyl/N-ethyl adjacent to an activating group) is 1. The van der Waals surface area contributed by atoms with Crippen molar-refractivity contribution in [3.63, 3.8) is 0 Å². The average molecular weight is 436 g/mol. The van der Waals surface area contributed by atoms with E-state index in [0.717, 1.165) is 0 Å². The molecule has 158 valence electrons. The Morgan fingerprint density at radius 2 is 2.07 bits per heavy atom. The average Bonchev–Trinajstić information content (AvgIpc) is 2.67. The van der Waals surface area contributed by atoms with E-state index in [2.05, 4.69) is 5.32 Å². The van der Waals surface area contributed by atoms with Crippen LogP contribution in [0.5, 0.6) is 5.75 Å². The molecule has 1 aliphatic heterocycles. The van der Waals surface area contributed by atoms with Gasteiger partial charge in [-0.05, 0) is 18.9 Å². The number of fused-ring (bicyclic) bond motifs is 2. The standard InChI is InChI=1S/C20H19ClFN3O5/c1-24-9-20(5-11(26)6-20)25-8-12(16(27)17(28)15(25)19(24)30)18(29)23-7-10-3-2-4-13(21)14(10)22/h2-4,8,11,26,28H,5-7,9H2,1H3,(H,23,29)/t11-,20-. The third kappa shape index (κ3) is 3.05. The summed E-state index contributed by atoms with van der Waals surface area (Å²) in [4.78, 5) is 39.2. The molecule has 3 N–H and O–H groups in total. The van der Waals surface area contributed by atoms with Crippen LogP contribution in [0.3, 0.4) is 0 Å². The van der Waals surface area contributed by atoms with Gasteiger partial charge in [0.25, 0.3) is 11.8 Å². The van der Waals surface area contributed by atoms with E-state index in [1.54, 1.807) is 7.05 Å². The molecule has 8 nitrogen and oxygen atoms in total. The van der Waals surface area contributed by atoms with Crippen LogP contribution in [0.25, 0.3) is 0 Å². The molecule has 1 spiro atoms. The quantitative estimate of drug-likeness (QED) is 0.671. The van der Waals surface area contributed by atoms with Gasteiger partial charge in [-0.1, -0.05) is 23.7 Å². The summed E-state index contributed by atoms with van der Waals surface area (Å²) in [5, 5.41) is 22.6. The molecule has 1 fully saturated rings. The number of halogens is 2. The van der Waals surface area contributed by atoms with E-state index in [4.69, 9.17) is 11.6 Å². The molecule has 2 heterocycles. The molecule has 0 bridgehead atoms. The van der Waals surface area contributed by atoms with E-state index in [1.165, 1.54) is 33.9 Å². The molecule has 1 aromatic carbocycles. The molecule has 30 heavy (non-hydrogen) atoms. The fraction of sp³-hybridized carbons (Fsp3) is 0.350. The molecule has 2 aromatic rings. The lowest BCUT2D eigenvalue weighted by molar-refractivity contribution is -0.0453. The van der Waals surface area contributed by atoms with E-state index in [0.29, 0.717) is 12.8 Å². The van der Waals surface area contributed by atoms with Crippen molar-refractivity contribution in [3.8, 4) is 5.75 Å². The summed E-state index contributed by atoms with van der Waals surface area (Å²) < 4.78 is 15.5. The van der Waals surface area contributed by atoms with Crippen molar-refractivity contribution >= 4 is 23.4 Å². The summed E-state index contributed by atoms with van der Waals surface area (Å²) in [7, 11) is 1.54. The van der Waals surface area contributed by atoms with E-state index in [-0.39, 0.29) is 34.9 Å². The molecule has 0 unspecified atom stereocenters. The van der Waals surface area contributed by atoms with Gasteiger partial charge >= 0.3 is 0 Å². The number of hydrogen-bond donors (Lipinski definition) is 3. The van der Waals surface area contributed by atoms with Crippen LogP contribution in [0, 0.1) is 5.82 Å². The lowest BCUT2D eigenvalue weighted by atomic mass is 9.72. The van der Waals surface area contributed by atoms with Crippen LogP contribution in [0.4, 0.5) is 4.39 Å². The zero-order valence-electron chi connectivity index (χ0n) is 16.0. The number of carbonyl (C=O) groups is 2. The predicted molar refractivity (Wildman–Crippen MR) is 105 cm³/mol. The predicted octanol–water partition coefficient (Wildman–Crippen LogP) is 1.21. The molecule has 1 aliphatic carbocycles. The van der Waals surface area contributed by atoms with Crippen molar-refractivity contribution in [2.24, 2.45) is 0 Å². The summed E-state index contributed by atoms with van der Waals surface area (Å²) in [6, 6.07) is 4.34. The zero-order valence-corrected chi connectivity index (χ0v) is 16.7. The number of pyridine rings is 1. The summed E-state index contributed by atoms with van der Waals surface area (Å²) >= 11 is 5.73. The largest absolute Gasteiger partial charge is 0.503 e. The highest BCUT2D eigenvalue weighted by molar-refractivity contribution is 6.30. The minimum atomic E-state index is -0.996. The lowest BCUT2D eigenvalue weighted by Gasteiger charge is -2.52. The summed E-state index contributed by atoms with van der Waals surface area (Å²) in [6.45, 7) is 0.0473. The minimum absolute atomic E-state index is 0.0960. The van der Waals surface area contributed by atoms with Gasteiger partial charge in [-0.2, -0.15) is 0 Å². The third-order valence-corrected chi connectivity index (χ3v) is 6.01. The maximum absolute atomic E-state index is 14.0. The molecule has 0 radical (unpaired) electrons. The number of aliphatic hydroxyl groups is 1. The second kappa shape index (κ2) is 7.10. The van der Waals surface area contributed by atoms with Gasteiger partial charge in [-0.3, -0.25) is 14.4 Å². The number of rotatable bonds is 3. The van der Waals surface area contributed by atoms with Crippen molar-refractivity contribution in [2.75, 3.05) is 13.6 Å². The zero-order chi connectivity index (χ0) is 21.8. The number of benzene rings is 1. The maximum atomic E-state index is 14.0. The van der Waals surface area contributed by atoms with E-state index < -0.39 is 40.5 Å². The first-order valence-corrected chi connectivity index (χ1v) is 9.66. The number of carbonyl (C=O) groups excluding carboxylic acids is 2. The number of nitrogens with one attached hydrogen (secondary N) is 1. The SMILES string of the molecule is CN1C[C@]2(C[C@@H](O)C2)n2cc(C(=O)NCc3cccc(Cl)c3F)c(=O)c(O)c2C1=O. The highest BCUT2D eigenvalue weighted by Gasteiger charge is 2.51. The smallest absolute Gasteiger partial charge is 0.274 e. The molecule has 4 rings (SSSR count). The Balaban J connectivity index is 1.71. The van der Waals surface area contributed by atoms with Gasteiger partial charge in [-0.25, -0.2) is 4.39 Å². The van der Waals surface area contributed by atoms with Crippen molar-refractivity contribution in [1.82, 2.24) is 14.8 Å². The van der Waals surface area contributed by atoms with Crippen LogP contribution in [0.1, 0.15) is 39.3 Å². The van der Waals surface area contributed by atoms with Crippen molar-refractivity contribution in [2.45, 2.75) is 31.0 Å². The van der Waals surface area contributed by atoms with Crippen molar-refractivity contribution in [1.29, 1.82) is 0 Å². The van der Waals surface area contributed by atoms with E-state index in [1.807, 2.05) is 0 Å². The summed E-state index contributed by atoms with van der Waals surface area (Å²) in [6.07, 6.45) is 1.28. The summed E-state index contributed by atoms with van der Waals surface area (Å²) in [5.74, 6) is -2.88. The molecular weight excluding hydrogens is 417 g/mol. The lowest BCUT2D eigenvalue weighted by Crippen LogP contribution is -2.61. The number of nitrogens with zero attached hydrogens (tertiary/aromatic N) is 2. The number of aliphatic hydroxyl groups excluding tert-OH is 1. The van der Waals surface area contributed by atoms with Crippen LogP contribution in [0.2, 0.25) is 5.02 Å². The monoisotopic (exact) mass is 435 g/mol. The van der Waals surface area contributed by atoms with Gasteiger partial charge < -0.3 is 25.0 Å². The van der Waals surface area contributed by atoms with Gasteiger partial charge in [0.15, 0.2) is 11.4 Å². The van der Waals surface area contributed by atoms with Gasteiger partial charge in [0.2, 0.25) is 5.43 Å². The second-order valence-corrected chi connectivity index (χ2v) is 8.19. The first-order valence-electron chi connectivity index (χ1n) is 9.28. The highest BCUT2D eigenvalue weighted by atomic mass is 35.5. The normalized spacial score (nSPS) is 22.6. The Labute approximate surface area is 175 Å². The first-order chi connectivity index (χ1) is 14.1. The van der Waals surface area contributed by atoms with Crippen LogP contribution in [0.15, 0.2) is 29.2 Å². The molecule has 1 saturated carbocycles. The number of aromatic nitrogens is 1. The Morgan fingerprint density at radius 1 is 1.37 bits per heavy atom. The molecule has 2 amide bonds. The maximum Gasteiger partial charge on any atom is 0.274 e. The van der Waals surface area contributed by atoms with Gasteiger partial charge in [0.1, 0.15) is 11.4 Å². The van der Waals surface area contributed by atoms with Crippen molar-refractivity contribution in [3.05, 3.63) is 62.3 Å². The Kier molecular flexibility index (Phi) is 4.82. The Morgan fingerprint density at radius 3 is 2.73 bits per heavy atom. The molecule has 0 atom stereocenters. The van der Waals surface area contributed by atoms with Crippen LogP contribution < -0.4 is 10.7 Å². The van der Waals surface area contributed by atoms with E-state index >= 15 is 0 Å². The molecule has 0 saturated heterocycles. The Bertz CT molecular complexity index is 1130. The second-order valence-electron chi connectivity index (χ2n) is 7.78. The number of aromatic hydroxyl groups is 1. The van der Waals surface area contributed by atoms with Gasteiger partial charge in [-0.15, -0.1) is 0 Å². The van der Waals surface area contributed by atoms with E-state index in [9.17, 15) is 29.0 Å². The Hall–Kier alpha value is -2.91. The molecule has 1 aromatic heterocycles. The molecular formula is C20H19ClFN3O5. The minimum Gasteiger partial charge on any atom is -0.503 e. The third-order valence-electron chi connectivity index (χ3n) is 5.72. The highest BCUT2D eigenvalue weighted by Crippen LogP contribution is 2.44.